The quantitative estimate of drug-likeness (QED) is 0.801. The second-order valence-electron chi connectivity index (χ2n) is 4.30. The number of carbonyl (C=O) groups is 1. The van der Waals surface area contributed by atoms with E-state index in [0.29, 0.717) is 13.1 Å². The van der Waals surface area contributed by atoms with Gasteiger partial charge in [0.05, 0.1) is 17.9 Å². The van der Waals surface area contributed by atoms with E-state index < -0.39 is 0 Å². The van der Waals surface area contributed by atoms with Crippen molar-refractivity contribution < 1.29 is 4.79 Å². The predicted molar refractivity (Wildman–Crippen MR) is 65.7 cm³/mol. The van der Waals surface area contributed by atoms with Crippen LogP contribution in [0.2, 0.25) is 0 Å². The summed E-state index contributed by atoms with van der Waals surface area (Å²) in [6.07, 6.45) is 0. The fourth-order valence-corrected chi connectivity index (χ4v) is 2.01. The molecule has 1 aromatic carbocycles. The number of rotatable bonds is 2. The summed E-state index contributed by atoms with van der Waals surface area (Å²) in [6, 6.07) is 7.97. The first-order valence-electron chi connectivity index (χ1n) is 5.45. The Hall–Kier alpha value is -1.55. The molecular formula is C12H17N3O. The van der Waals surface area contributed by atoms with Crippen LogP contribution in [0.25, 0.3) is 0 Å². The Morgan fingerprint density at radius 1 is 1.38 bits per heavy atom. The van der Waals surface area contributed by atoms with Crippen LogP contribution in [0.4, 0.5) is 11.4 Å². The van der Waals surface area contributed by atoms with Crippen molar-refractivity contribution in [2.45, 2.75) is 13.0 Å². The van der Waals surface area contributed by atoms with E-state index in [1.54, 1.807) is 4.90 Å². The Bertz CT molecular complexity index is 403. The molecule has 2 rings (SSSR count). The molecule has 0 saturated heterocycles. The predicted octanol–water partition coefficient (Wildman–Crippen LogP) is 0.817. The summed E-state index contributed by atoms with van der Waals surface area (Å²) in [5.74, 6) is 0.111. The van der Waals surface area contributed by atoms with Crippen molar-refractivity contribution in [3.8, 4) is 0 Å². The number of fused-ring (bicyclic) bond motifs is 1. The minimum absolute atomic E-state index is 0.0595. The molecule has 4 heteroatoms. The number of likely N-dealkylation sites (N-methyl/N-ethyl adjacent to an activating group) is 1. The zero-order valence-electron chi connectivity index (χ0n) is 9.68. The third kappa shape index (κ3) is 1.88. The Morgan fingerprint density at radius 3 is 2.62 bits per heavy atom. The number of carbonyl (C=O) groups excluding carboxylic acids is 1. The number of anilines is 2. The van der Waals surface area contributed by atoms with Crippen LogP contribution in [0.15, 0.2) is 24.3 Å². The SMILES string of the molecule is CC(N)CN1CC(=O)N(C)c2ccccc21. The van der Waals surface area contributed by atoms with Crippen LogP contribution in [-0.4, -0.2) is 32.1 Å². The van der Waals surface area contributed by atoms with Gasteiger partial charge >= 0.3 is 0 Å². The number of benzene rings is 1. The molecule has 1 aromatic rings. The zero-order valence-corrected chi connectivity index (χ0v) is 9.68. The average molecular weight is 219 g/mol. The van der Waals surface area contributed by atoms with Crippen molar-refractivity contribution in [2.75, 3.05) is 29.9 Å². The van der Waals surface area contributed by atoms with Crippen LogP contribution in [0.5, 0.6) is 0 Å². The molecule has 0 aliphatic carbocycles. The minimum Gasteiger partial charge on any atom is -0.359 e. The van der Waals surface area contributed by atoms with E-state index in [-0.39, 0.29) is 11.9 Å². The lowest BCUT2D eigenvalue weighted by atomic mass is 10.1. The lowest BCUT2D eigenvalue weighted by molar-refractivity contribution is -0.117. The highest BCUT2D eigenvalue weighted by molar-refractivity contribution is 6.02. The molecule has 86 valence electrons. The van der Waals surface area contributed by atoms with E-state index >= 15 is 0 Å². The van der Waals surface area contributed by atoms with Crippen LogP contribution in [-0.2, 0) is 4.79 Å². The molecule has 0 bridgehead atoms. The number of hydrogen-bond donors (Lipinski definition) is 1. The van der Waals surface area contributed by atoms with Gasteiger partial charge in [0.1, 0.15) is 0 Å². The lowest BCUT2D eigenvalue weighted by Gasteiger charge is -2.36. The minimum atomic E-state index is 0.0595. The van der Waals surface area contributed by atoms with Gasteiger partial charge in [-0.2, -0.15) is 0 Å². The van der Waals surface area contributed by atoms with Crippen molar-refractivity contribution >= 4 is 17.3 Å². The van der Waals surface area contributed by atoms with E-state index in [1.165, 1.54) is 0 Å². The van der Waals surface area contributed by atoms with Gasteiger partial charge < -0.3 is 15.5 Å². The van der Waals surface area contributed by atoms with Crippen LogP contribution in [0, 0.1) is 0 Å². The number of para-hydroxylation sites is 2. The van der Waals surface area contributed by atoms with Gasteiger partial charge in [0.15, 0.2) is 0 Å². The first-order valence-corrected chi connectivity index (χ1v) is 5.45. The van der Waals surface area contributed by atoms with Gasteiger partial charge in [-0.15, -0.1) is 0 Å². The zero-order chi connectivity index (χ0) is 11.7. The summed E-state index contributed by atoms with van der Waals surface area (Å²) in [4.78, 5) is 15.5. The topological polar surface area (TPSA) is 49.6 Å². The van der Waals surface area contributed by atoms with Gasteiger partial charge in [-0.1, -0.05) is 12.1 Å². The molecule has 0 radical (unpaired) electrons. The van der Waals surface area contributed by atoms with Gasteiger partial charge in [-0.05, 0) is 19.1 Å². The molecule has 16 heavy (non-hydrogen) atoms. The van der Waals surface area contributed by atoms with Crippen molar-refractivity contribution in [3.63, 3.8) is 0 Å². The van der Waals surface area contributed by atoms with Gasteiger partial charge in [0.2, 0.25) is 5.91 Å². The smallest absolute Gasteiger partial charge is 0.246 e. The van der Waals surface area contributed by atoms with Crippen molar-refractivity contribution in [1.29, 1.82) is 0 Å². The molecule has 0 fully saturated rings. The third-order valence-electron chi connectivity index (χ3n) is 2.79. The van der Waals surface area contributed by atoms with Crippen LogP contribution < -0.4 is 15.5 Å². The van der Waals surface area contributed by atoms with Crippen molar-refractivity contribution in [3.05, 3.63) is 24.3 Å². The first kappa shape index (κ1) is 11.0. The average Bonchev–Trinajstić information content (AvgIpc) is 2.25. The van der Waals surface area contributed by atoms with Gasteiger partial charge in [-0.3, -0.25) is 4.79 Å². The Balaban J connectivity index is 2.37. The fraction of sp³-hybridized carbons (Fsp3) is 0.417. The second-order valence-corrected chi connectivity index (χ2v) is 4.30. The molecule has 1 atom stereocenters. The molecule has 2 N–H and O–H groups in total. The monoisotopic (exact) mass is 219 g/mol. The van der Waals surface area contributed by atoms with Gasteiger partial charge in [-0.25, -0.2) is 0 Å². The number of nitrogens with two attached hydrogens (primary N) is 1. The molecular weight excluding hydrogens is 202 g/mol. The highest BCUT2D eigenvalue weighted by Gasteiger charge is 2.26. The highest BCUT2D eigenvalue weighted by Crippen LogP contribution is 2.31. The number of amides is 1. The van der Waals surface area contributed by atoms with Crippen LogP contribution in [0.1, 0.15) is 6.92 Å². The summed E-state index contributed by atoms with van der Waals surface area (Å²) in [6.45, 7) is 3.07. The second kappa shape index (κ2) is 4.14. The summed E-state index contributed by atoms with van der Waals surface area (Å²) < 4.78 is 0. The van der Waals surface area contributed by atoms with E-state index in [1.807, 2.05) is 43.1 Å². The summed E-state index contributed by atoms with van der Waals surface area (Å²) in [5, 5.41) is 0. The first-order chi connectivity index (χ1) is 7.59. The molecule has 1 amide bonds. The third-order valence-corrected chi connectivity index (χ3v) is 2.79. The van der Waals surface area contributed by atoms with Crippen molar-refractivity contribution in [1.82, 2.24) is 0 Å². The van der Waals surface area contributed by atoms with Crippen molar-refractivity contribution in [2.24, 2.45) is 5.73 Å². The number of nitrogens with zero attached hydrogens (tertiary/aromatic N) is 2. The summed E-state index contributed by atoms with van der Waals surface area (Å²) >= 11 is 0. The normalized spacial score (nSPS) is 17.3. The van der Waals surface area contributed by atoms with Gasteiger partial charge in [0, 0.05) is 19.6 Å². The van der Waals surface area contributed by atoms with Crippen LogP contribution in [0.3, 0.4) is 0 Å². The maximum atomic E-state index is 11.8. The lowest BCUT2D eigenvalue weighted by Crippen LogP contribution is -2.47. The van der Waals surface area contributed by atoms with E-state index in [9.17, 15) is 4.79 Å². The molecule has 0 spiro atoms. The molecule has 1 aliphatic heterocycles. The Morgan fingerprint density at radius 2 is 2.00 bits per heavy atom. The maximum absolute atomic E-state index is 11.8. The van der Waals surface area contributed by atoms with E-state index in [4.69, 9.17) is 5.73 Å². The maximum Gasteiger partial charge on any atom is 0.246 e. The van der Waals surface area contributed by atoms with Gasteiger partial charge in [0.25, 0.3) is 0 Å². The molecule has 4 nitrogen and oxygen atoms in total. The summed E-state index contributed by atoms with van der Waals surface area (Å²) in [7, 11) is 1.81. The Kier molecular flexibility index (Phi) is 2.83. The molecule has 0 aromatic heterocycles. The Labute approximate surface area is 95.6 Å². The molecule has 1 heterocycles. The molecule has 1 unspecified atom stereocenters. The fourth-order valence-electron chi connectivity index (χ4n) is 2.01. The van der Waals surface area contributed by atoms with E-state index in [2.05, 4.69) is 0 Å². The summed E-state index contributed by atoms with van der Waals surface area (Å²) in [5.41, 5.74) is 7.84. The molecule has 1 aliphatic rings. The van der Waals surface area contributed by atoms with E-state index in [0.717, 1.165) is 11.4 Å². The van der Waals surface area contributed by atoms with Crippen LogP contribution >= 0.6 is 0 Å². The standard InChI is InChI=1S/C12H17N3O/c1-9(13)7-15-8-12(16)14(2)10-5-3-4-6-11(10)15/h3-6,9H,7-8,13H2,1-2H3. The molecule has 0 saturated carbocycles. The number of hydrogen-bond acceptors (Lipinski definition) is 3. The largest absolute Gasteiger partial charge is 0.359 e. The highest BCUT2D eigenvalue weighted by atomic mass is 16.2.